The van der Waals surface area contributed by atoms with Gasteiger partial charge in [-0.3, -0.25) is 4.21 Å². The van der Waals surface area contributed by atoms with Crippen molar-refractivity contribution >= 4 is 22.5 Å². The molecule has 0 saturated carbocycles. The van der Waals surface area contributed by atoms with E-state index in [0.717, 1.165) is 12.8 Å². The van der Waals surface area contributed by atoms with Crippen LogP contribution in [0.4, 0.5) is 14.9 Å². The molecule has 0 heterocycles. The Morgan fingerprint density at radius 2 is 1.95 bits per heavy atom. The minimum Gasteiger partial charge on any atom is -0.335 e. The minimum atomic E-state index is -1.38. The Bertz CT molecular complexity index is 520. The predicted molar refractivity (Wildman–Crippen MR) is 84.4 cm³/mol. The van der Waals surface area contributed by atoms with Crippen LogP contribution >= 0.6 is 0 Å². The van der Waals surface area contributed by atoms with Gasteiger partial charge in [-0.15, -0.1) is 0 Å². The zero-order chi connectivity index (χ0) is 16.0. The number of hydrogen-bond acceptors (Lipinski definition) is 2. The van der Waals surface area contributed by atoms with E-state index < -0.39 is 16.6 Å². The second-order valence-electron chi connectivity index (χ2n) is 5.57. The van der Waals surface area contributed by atoms with Gasteiger partial charge in [0.1, 0.15) is 5.82 Å². The molecule has 0 bridgehead atoms. The maximum atomic E-state index is 13.7. The van der Waals surface area contributed by atoms with Crippen LogP contribution in [0.3, 0.4) is 0 Å². The lowest BCUT2D eigenvalue weighted by atomic mass is 10.0. The maximum absolute atomic E-state index is 13.7. The molecule has 0 aliphatic carbocycles. The number of anilines is 1. The molecule has 2 N–H and O–H groups in total. The van der Waals surface area contributed by atoms with E-state index in [9.17, 15) is 13.4 Å². The highest BCUT2D eigenvalue weighted by Crippen LogP contribution is 2.17. The minimum absolute atomic E-state index is 0.0552. The Balaban J connectivity index is 2.55. The normalized spacial score (nSPS) is 13.8. The molecule has 1 aromatic rings. The third-order valence-electron chi connectivity index (χ3n) is 3.05. The molecule has 0 spiro atoms. The number of rotatable bonds is 6. The lowest BCUT2D eigenvalue weighted by Gasteiger charge is -2.16. The van der Waals surface area contributed by atoms with E-state index in [-0.39, 0.29) is 17.0 Å². The topological polar surface area (TPSA) is 58.2 Å². The van der Waals surface area contributed by atoms with Gasteiger partial charge in [0, 0.05) is 18.0 Å². The lowest BCUT2D eigenvalue weighted by Crippen LogP contribution is -2.36. The summed E-state index contributed by atoms with van der Waals surface area (Å²) >= 11 is 0. The highest BCUT2D eigenvalue weighted by molar-refractivity contribution is 7.84. The van der Waals surface area contributed by atoms with Gasteiger partial charge in [-0.1, -0.05) is 13.8 Å². The average Bonchev–Trinajstić information content (AvgIpc) is 2.35. The van der Waals surface area contributed by atoms with E-state index in [0.29, 0.717) is 11.6 Å². The highest BCUT2D eigenvalue weighted by atomic mass is 32.2. The molecule has 2 amide bonds. The highest BCUT2D eigenvalue weighted by Gasteiger charge is 2.11. The van der Waals surface area contributed by atoms with Gasteiger partial charge in [0.15, 0.2) is 0 Å². The number of carbonyl (C=O) groups is 1. The van der Waals surface area contributed by atoms with E-state index in [1.54, 1.807) is 0 Å². The summed E-state index contributed by atoms with van der Waals surface area (Å²) < 4.78 is 24.9. The summed E-state index contributed by atoms with van der Waals surface area (Å²) in [6, 6.07) is 3.83. The first-order valence-electron chi connectivity index (χ1n) is 7.00. The number of halogens is 1. The van der Waals surface area contributed by atoms with Gasteiger partial charge in [0.2, 0.25) is 0 Å². The van der Waals surface area contributed by atoms with Crippen molar-refractivity contribution in [2.75, 3.05) is 11.6 Å². The number of amides is 2. The van der Waals surface area contributed by atoms with Gasteiger partial charge in [-0.2, -0.15) is 0 Å². The van der Waals surface area contributed by atoms with Crippen molar-refractivity contribution < 1.29 is 13.4 Å². The Kier molecular flexibility index (Phi) is 6.81. The van der Waals surface area contributed by atoms with Crippen molar-refractivity contribution in [3.8, 4) is 0 Å². The van der Waals surface area contributed by atoms with E-state index in [2.05, 4.69) is 24.5 Å². The molecule has 0 aliphatic heterocycles. The van der Waals surface area contributed by atoms with Gasteiger partial charge in [-0.05, 0) is 43.9 Å². The van der Waals surface area contributed by atoms with Crippen LogP contribution in [0.2, 0.25) is 0 Å². The van der Waals surface area contributed by atoms with Crippen molar-refractivity contribution in [1.82, 2.24) is 5.32 Å². The zero-order valence-corrected chi connectivity index (χ0v) is 13.7. The summed E-state index contributed by atoms with van der Waals surface area (Å²) in [5.41, 5.74) is 0.343. The Morgan fingerprint density at radius 3 is 2.48 bits per heavy atom. The zero-order valence-electron chi connectivity index (χ0n) is 12.9. The molecule has 1 rings (SSSR count). The van der Waals surface area contributed by atoms with E-state index in [4.69, 9.17) is 0 Å². The van der Waals surface area contributed by atoms with Crippen LogP contribution in [-0.2, 0) is 10.8 Å². The summed E-state index contributed by atoms with van der Waals surface area (Å²) in [5.74, 6) is 0.00959. The van der Waals surface area contributed by atoms with Gasteiger partial charge in [0.05, 0.1) is 15.7 Å². The molecular weight excluding hydrogens is 291 g/mol. The second kappa shape index (κ2) is 8.12. The van der Waals surface area contributed by atoms with Crippen molar-refractivity contribution in [2.24, 2.45) is 5.92 Å². The van der Waals surface area contributed by atoms with Crippen LogP contribution < -0.4 is 10.6 Å². The molecule has 0 aromatic heterocycles. The first-order valence-corrected chi connectivity index (χ1v) is 8.56. The van der Waals surface area contributed by atoms with E-state index in [1.165, 1.54) is 24.5 Å². The number of benzene rings is 1. The number of hydrogen-bond donors (Lipinski definition) is 2. The maximum Gasteiger partial charge on any atom is 0.319 e. The average molecular weight is 314 g/mol. The van der Waals surface area contributed by atoms with Gasteiger partial charge in [-0.25, -0.2) is 9.18 Å². The molecule has 2 atom stereocenters. The van der Waals surface area contributed by atoms with Crippen LogP contribution in [0.15, 0.2) is 23.1 Å². The molecule has 6 heteroatoms. The lowest BCUT2D eigenvalue weighted by molar-refractivity contribution is 0.248. The van der Waals surface area contributed by atoms with Crippen LogP contribution in [0.25, 0.3) is 0 Å². The predicted octanol–water partition coefficient (Wildman–Crippen LogP) is 3.51. The molecular formula is C15H23FN2O2S. The monoisotopic (exact) mass is 314 g/mol. The van der Waals surface area contributed by atoms with Crippen LogP contribution in [0, 0.1) is 11.7 Å². The molecule has 118 valence electrons. The molecule has 0 saturated heterocycles. The van der Waals surface area contributed by atoms with Crippen LogP contribution in [0.5, 0.6) is 0 Å². The van der Waals surface area contributed by atoms with Crippen molar-refractivity contribution in [3.05, 3.63) is 24.0 Å². The Morgan fingerprint density at radius 1 is 1.29 bits per heavy atom. The molecule has 0 aliphatic rings. The third kappa shape index (κ3) is 6.25. The quantitative estimate of drug-likeness (QED) is 0.844. The fraction of sp³-hybridized carbons (Fsp3) is 0.533. The fourth-order valence-electron chi connectivity index (χ4n) is 1.86. The number of nitrogens with one attached hydrogen (secondary N) is 2. The summed E-state index contributed by atoms with van der Waals surface area (Å²) in [6.45, 7) is 6.20. The van der Waals surface area contributed by atoms with E-state index in [1.807, 2.05) is 6.92 Å². The van der Waals surface area contributed by atoms with Gasteiger partial charge >= 0.3 is 6.03 Å². The standard InChI is InChI=1S/C15H23FN2O2S/c1-10(2)5-6-11(3)17-15(19)18-12-7-8-14(21(4)20)13(16)9-12/h7-11H,5-6H2,1-4H3,(H2,17,18,19)/t11-,21+/m1/s1. The summed E-state index contributed by atoms with van der Waals surface area (Å²) in [7, 11) is -1.38. The molecule has 0 unspecified atom stereocenters. The summed E-state index contributed by atoms with van der Waals surface area (Å²) in [6.07, 6.45) is 3.34. The molecule has 0 radical (unpaired) electrons. The largest absolute Gasteiger partial charge is 0.335 e. The molecule has 21 heavy (non-hydrogen) atoms. The summed E-state index contributed by atoms with van der Waals surface area (Å²) in [4.78, 5) is 11.9. The smallest absolute Gasteiger partial charge is 0.319 e. The Hall–Kier alpha value is -1.43. The first-order chi connectivity index (χ1) is 9.79. The molecule has 1 aromatic carbocycles. The Labute approximate surface area is 128 Å². The van der Waals surface area contributed by atoms with Gasteiger partial charge in [0.25, 0.3) is 0 Å². The van der Waals surface area contributed by atoms with E-state index >= 15 is 0 Å². The van der Waals surface area contributed by atoms with Crippen LogP contribution in [0.1, 0.15) is 33.6 Å². The summed E-state index contributed by atoms with van der Waals surface area (Å²) in [5, 5.41) is 5.39. The number of carbonyl (C=O) groups excluding carboxylic acids is 1. The van der Waals surface area contributed by atoms with Crippen molar-refractivity contribution in [1.29, 1.82) is 0 Å². The van der Waals surface area contributed by atoms with Crippen LogP contribution in [-0.4, -0.2) is 22.5 Å². The van der Waals surface area contributed by atoms with Gasteiger partial charge < -0.3 is 10.6 Å². The fourth-order valence-corrected chi connectivity index (χ4v) is 2.45. The van der Waals surface area contributed by atoms with Crippen molar-refractivity contribution in [3.63, 3.8) is 0 Å². The SMILES string of the molecule is CC(C)CC[C@@H](C)NC(=O)Nc1ccc([S@](C)=O)c(F)c1. The van der Waals surface area contributed by atoms with Crippen molar-refractivity contribution in [2.45, 2.75) is 44.6 Å². The molecule has 0 fully saturated rings. The molecule has 4 nitrogen and oxygen atoms in total. The first kappa shape index (κ1) is 17.6. The second-order valence-corrected chi connectivity index (χ2v) is 6.92. The number of urea groups is 1. The third-order valence-corrected chi connectivity index (χ3v) is 4.00.